The number of urea groups is 1. The normalized spacial score (nSPS) is 11.8. The number of carbonyl (C=O) groups is 3. The standard InChI is InChI=1S/C13H24N2O5/c1-4-6-7-15(10(3)5-2)13(20)14(8-11(16)17)9-12(18)19/h10H,4-9H2,1-3H3,(H,16,17)(H,18,19). The van der Waals surface area contributed by atoms with E-state index in [1.54, 1.807) is 4.90 Å². The Balaban J connectivity index is 5.00. The van der Waals surface area contributed by atoms with Gasteiger partial charge in [-0.25, -0.2) is 4.79 Å². The van der Waals surface area contributed by atoms with Crippen molar-refractivity contribution in [2.45, 2.75) is 46.1 Å². The lowest BCUT2D eigenvalue weighted by Gasteiger charge is -2.33. The molecular formula is C13H24N2O5. The van der Waals surface area contributed by atoms with Gasteiger partial charge in [-0.05, 0) is 19.8 Å². The van der Waals surface area contributed by atoms with Crippen LogP contribution in [0, 0.1) is 0 Å². The summed E-state index contributed by atoms with van der Waals surface area (Å²) in [6.07, 6.45) is 2.42. The average Bonchev–Trinajstić information content (AvgIpc) is 2.36. The molecule has 0 fully saturated rings. The fourth-order valence-corrected chi connectivity index (χ4v) is 1.75. The summed E-state index contributed by atoms with van der Waals surface area (Å²) >= 11 is 0. The van der Waals surface area contributed by atoms with Crippen LogP contribution in [0.1, 0.15) is 40.0 Å². The Bertz CT molecular complexity index is 330. The largest absolute Gasteiger partial charge is 0.480 e. The van der Waals surface area contributed by atoms with Crippen molar-refractivity contribution < 1.29 is 24.6 Å². The number of hydrogen-bond donors (Lipinski definition) is 2. The Morgan fingerprint density at radius 1 is 1.05 bits per heavy atom. The lowest BCUT2D eigenvalue weighted by atomic mass is 10.2. The second-order valence-electron chi connectivity index (χ2n) is 4.73. The molecule has 20 heavy (non-hydrogen) atoms. The van der Waals surface area contributed by atoms with Gasteiger partial charge in [0.25, 0.3) is 0 Å². The van der Waals surface area contributed by atoms with Crippen LogP contribution >= 0.6 is 0 Å². The minimum absolute atomic E-state index is 0.0564. The van der Waals surface area contributed by atoms with Gasteiger partial charge in [0.15, 0.2) is 0 Å². The van der Waals surface area contributed by atoms with Crippen molar-refractivity contribution in [3.05, 3.63) is 0 Å². The van der Waals surface area contributed by atoms with E-state index in [-0.39, 0.29) is 6.04 Å². The molecule has 0 bridgehead atoms. The number of hydrogen-bond acceptors (Lipinski definition) is 3. The Labute approximate surface area is 119 Å². The number of carboxylic acid groups (broad SMARTS) is 2. The van der Waals surface area contributed by atoms with E-state index >= 15 is 0 Å². The quantitative estimate of drug-likeness (QED) is 0.669. The molecule has 0 saturated carbocycles. The highest BCUT2D eigenvalue weighted by atomic mass is 16.4. The maximum atomic E-state index is 12.3. The monoisotopic (exact) mass is 288 g/mol. The maximum absolute atomic E-state index is 12.3. The first-order valence-corrected chi connectivity index (χ1v) is 6.82. The van der Waals surface area contributed by atoms with E-state index < -0.39 is 31.1 Å². The zero-order chi connectivity index (χ0) is 15.7. The van der Waals surface area contributed by atoms with Gasteiger partial charge in [-0.2, -0.15) is 0 Å². The average molecular weight is 288 g/mol. The number of carbonyl (C=O) groups excluding carboxylic acids is 1. The van der Waals surface area contributed by atoms with E-state index in [0.29, 0.717) is 6.54 Å². The van der Waals surface area contributed by atoms with Gasteiger partial charge in [-0.3, -0.25) is 9.59 Å². The van der Waals surface area contributed by atoms with E-state index in [9.17, 15) is 14.4 Å². The first kappa shape index (κ1) is 18.2. The van der Waals surface area contributed by atoms with Crippen LogP contribution in [0.4, 0.5) is 4.79 Å². The molecular weight excluding hydrogens is 264 g/mol. The van der Waals surface area contributed by atoms with Crippen molar-refractivity contribution in [1.82, 2.24) is 9.80 Å². The summed E-state index contributed by atoms with van der Waals surface area (Å²) in [5, 5.41) is 17.6. The minimum Gasteiger partial charge on any atom is -0.480 e. The van der Waals surface area contributed by atoms with Gasteiger partial charge < -0.3 is 20.0 Å². The Morgan fingerprint density at radius 2 is 1.55 bits per heavy atom. The van der Waals surface area contributed by atoms with Crippen molar-refractivity contribution in [2.24, 2.45) is 0 Å². The van der Waals surface area contributed by atoms with Crippen molar-refractivity contribution >= 4 is 18.0 Å². The van der Waals surface area contributed by atoms with Crippen LogP contribution in [-0.2, 0) is 9.59 Å². The fourth-order valence-electron chi connectivity index (χ4n) is 1.75. The van der Waals surface area contributed by atoms with Gasteiger partial charge in [0, 0.05) is 12.6 Å². The van der Waals surface area contributed by atoms with Gasteiger partial charge >= 0.3 is 18.0 Å². The van der Waals surface area contributed by atoms with E-state index in [4.69, 9.17) is 10.2 Å². The molecule has 0 heterocycles. The van der Waals surface area contributed by atoms with Crippen LogP contribution in [0.2, 0.25) is 0 Å². The summed E-state index contributed by atoms with van der Waals surface area (Å²) in [4.78, 5) is 36.3. The van der Waals surface area contributed by atoms with Crippen LogP contribution < -0.4 is 0 Å². The van der Waals surface area contributed by atoms with Crippen LogP contribution in [-0.4, -0.2) is 63.7 Å². The number of nitrogens with zero attached hydrogens (tertiary/aromatic N) is 2. The molecule has 0 aliphatic rings. The molecule has 0 spiro atoms. The number of carboxylic acids is 2. The molecule has 1 atom stereocenters. The molecule has 0 aromatic rings. The van der Waals surface area contributed by atoms with Crippen LogP contribution in [0.15, 0.2) is 0 Å². The van der Waals surface area contributed by atoms with Crippen molar-refractivity contribution in [3.63, 3.8) is 0 Å². The Hall–Kier alpha value is -1.79. The van der Waals surface area contributed by atoms with E-state index in [2.05, 4.69) is 0 Å². The van der Waals surface area contributed by atoms with Crippen molar-refractivity contribution in [1.29, 1.82) is 0 Å². The molecule has 1 unspecified atom stereocenters. The van der Waals surface area contributed by atoms with E-state index in [0.717, 1.165) is 24.2 Å². The molecule has 7 nitrogen and oxygen atoms in total. The third kappa shape index (κ3) is 6.40. The minimum atomic E-state index is -1.22. The first-order valence-electron chi connectivity index (χ1n) is 6.82. The van der Waals surface area contributed by atoms with E-state index in [1.165, 1.54) is 0 Å². The third-order valence-electron chi connectivity index (χ3n) is 3.04. The van der Waals surface area contributed by atoms with E-state index in [1.807, 2.05) is 20.8 Å². The molecule has 0 rings (SSSR count). The fraction of sp³-hybridized carbons (Fsp3) is 0.769. The smallest absolute Gasteiger partial charge is 0.323 e. The zero-order valence-corrected chi connectivity index (χ0v) is 12.3. The molecule has 2 amide bonds. The predicted molar refractivity (Wildman–Crippen MR) is 73.6 cm³/mol. The third-order valence-corrected chi connectivity index (χ3v) is 3.04. The molecule has 0 aromatic heterocycles. The van der Waals surface area contributed by atoms with Gasteiger partial charge in [-0.1, -0.05) is 20.3 Å². The topological polar surface area (TPSA) is 98.2 Å². The highest BCUT2D eigenvalue weighted by molar-refractivity contribution is 5.84. The number of rotatable bonds is 9. The summed E-state index contributed by atoms with van der Waals surface area (Å²) in [5.74, 6) is -2.45. The van der Waals surface area contributed by atoms with Crippen molar-refractivity contribution in [3.8, 4) is 0 Å². The molecule has 0 radical (unpaired) electrons. The second kappa shape index (κ2) is 9.17. The SMILES string of the molecule is CCCCN(C(=O)N(CC(=O)O)CC(=O)O)C(C)CC. The second-order valence-corrected chi connectivity index (χ2v) is 4.73. The summed E-state index contributed by atoms with van der Waals surface area (Å²) in [6, 6.07) is -0.586. The maximum Gasteiger partial charge on any atom is 0.323 e. The molecule has 0 aliphatic carbocycles. The van der Waals surface area contributed by atoms with Gasteiger partial charge in [0.1, 0.15) is 13.1 Å². The lowest BCUT2D eigenvalue weighted by molar-refractivity contribution is -0.140. The summed E-state index contributed by atoms with van der Waals surface area (Å²) < 4.78 is 0. The molecule has 0 aliphatic heterocycles. The number of aliphatic carboxylic acids is 2. The molecule has 0 aromatic carbocycles. The summed E-state index contributed by atoms with van der Waals surface area (Å²) in [5.41, 5.74) is 0. The lowest BCUT2D eigenvalue weighted by Crippen LogP contribution is -2.50. The highest BCUT2D eigenvalue weighted by Gasteiger charge is 2.27. The molecule has 7 heteroatoms. The first-order chi connectivity index (χ1) is 9.33. The van der Waals surface area contributed by atoms with Gasteiger partial charge in [0.2, 0.25) is 0 Å². The number of amides is 2. The zero-order valence-electron chi connectivity index (χ0n) is 12.3. The van der Waals surface area contributed by atoms with Gasteiger partial charge in [-0.15, -0.1) is 0 Å². The van der Waals surface area contributed by atoms with Crippen LogP contribution in [0.25, 0.3) is 0 Å². The summed E-state index contributed by atoms with van der Waals surface area (Å²) in [6.45, 7) is 5.07. The predicted octanol–water partition coefficient (Wildman–Crippen LogP) is 1.48. The molecule has 116 valence electrons. The number of unbranched alkanes of at least 4 members (excludes halogenated alkanes) is 1. The molecule has 2 N–H and O–H groups in total. The molecule has 0 saturated heterocycles. The Morgan fingerprint density at radius 3 is 1.90 bits per heavy atom. The van der Waals surface area contributed by atoms with Gasteiger partial charge in [0.05, 0.1) is 0 Å². The highest BCUT2D eigenvalue weighted by Crippen LogP contribution is 2.10. The Kier molecular flexibility index (Phi) is 8.35. The van der Waals surface area contributed by atoms with Crippen molar-refractivity contribution in [2.75, 3.05) is 19.6 Å². The van der Waals surface area contributed by atoms with Crippen LogP contribution in [0.3, 0.4) is 0 Å². The summed E-state index contributed by atoms with van der Waals surface area (Å²) in [7, 11) is 0. The van der Waals surface area contributed by atoms with Crippen LogP contribution in [0.5, 0.6) is 0 Å².